The number of amides is 2. The molecular formula is C21H26ClN3O5S. The van der Waals surface area contributed by atoms with Gasteiger partial charge in [-0.05, 0) is 48.9 Å². The first-order valence-corrected chi connectivity index (χ1v) is 11.7. The summed E-state index contributed by atoms with van der Waals surface area (Å²) in [7, 11) is -0.800. The van der Waals surface area contributed by atoms with Crippen LogP contribution in [0.5, 0.6) is 5.75 Å². The third kappa shape index (κ3) is 6.60. The predicted octanol–water partition coefficient (Wildman–Crippen LogP) is 2.28. The molecule has 2 aromatic carbocycles. The van der Waals surface area contributed by atoms with Crippen molar-refractivity contribution in [1.29, 1.82) is 0 Å². The van der Waals surface area contributed by atoms with Crippen LogP contribution in [-0.2, 0) is 26.2 Å². The van der Waals surface area contributed by atoms with Gasteiger partial charge < -0.3 is 15.0 Å². The largest absolute Gasteiger partial charge is 0.497 e. The van der Waals surface area contributed by atoms with Gasteiger partial charge in [0.05, 0.1) is 19.1 Å². The van der Waals surface area contributed by atoms with Crippen molar-refractivity contribution in [2.75, 3.05) is 31.3 Å². The second-order valence-corrected chi connectivity index (χ2v) is 9.25. The van der Waals surface area contributed by atoms with E-state index >= 15 is 0 Å². The fraction of sp³-hybridized carbons (Fsp3) is 0.333. The third-order valence-corrected chi connectivity index (χ3v) is 6.07. The average Bonchev–Trinajstić information content (AvgIpc) is 2.74. The molecule has 0 fully saturated rings. The number of likely N-dealkylation sites (N-methyl/N-ethyl adjacent to an activating group) is 1. The van der Waals surface area contributed by atoms with E-state index in [9.17, 15) is 18.0 Å². The van der Waals surface area contributed by atoms with Gasteiger partial charge in [-0.3, -0.25) is 13.9 Å². The molecule has 0 unspecified atom stereocenters. The van der Waals surface area contributed by atoms with Gasteiger partial charge in [-0.1, -0.05) is 23.7 Å². The van der Waals surface area contributed by atoms with E-state index in [1.807, 2.05) is 0 Å². The molecule has 10 heteroatoms. The van der Waals surface area contributed by atoms with Gasteiger partial charge in [-0.25, -0.2) is 8.42 Å². The highest BCUT2D eigenvalue weighted by atomic mass is 35.5. The van der Waals surface area contributed by atoms with Crippen LogP contribution >= 0.6 is 11.6 Å². The molecule has 8 nitrogen and oxygen atoms in total. The number of hydrogen-bond donors (Lipinski definition) is 1. The molecule has 0 saturated carbocycles. The highest BCUT2D eigenvalue weighted by molar-refractivity contribution is 7.92. The lowest BCUT2D eigenvalue weighted by Crippen LogP contribution is -2.50. The van der Waals surface area contributed by atoms with Crippen molar-refractivity contribution in [2.24, 2.45) is 0 Å². The lowest BCUT2D eigenvalue weighted by Gasteiger charge is -2.31. The number of anilines is 1. The van der Waals surface area contributed by atoms with E-state index in [0.717, 1.165) is 10.6 Å². The Morgan fingerprint density at radius 1 is 1.16 bits per heavy atom. The summed E-state index contributed by atoms with van der Waals surface area (Å²) in [6.07, 6.45) is 1.02. The van der Waals surface area contributed by atoms with Crippen LogP contribution in [0.15, 0.2) is 48.5 Å². The molecule has 0 aliphatic rings. The minimum absolute atomic E-state index is 0.0915. The molecule has 1 atom stereocenters. The Kier molecular flexibility index (Phi) is 8.29. The maximum absolute atomic E-state index is 13.2. The zero-order valence-electron chi connectivity index (χ0n) is 17.8. The molecule has 0 aliphatic heterocycles. The van der Waals surface area contributed by atoms with Crippen molar-refractivity contribution >= 4 is 39.1 Å². The van der Waals surface area contributed by atoms with Gasteiger partial charge in [0.15, 0.2) is 0 Å². The van der Waals surface area contributed by atoms with E-state index in [0.29, 0.717) is 22.0 Å². The van der Waals surface area contributed by atoms with Crippen LogP contribution in [0.4, 0.5) is 5.69 Å². The van der Waals surface area contributed by atoms with Crippen LogP contribution in [0.1, 0.15) is 12.5 Å². The summed E-state index contributed by atoms with van der Waals surface area (Å²) in [6, 6.07) is 12.4. The third-order valence-electron chi connectivity index (χ3n) is 4.70. The van der Waals surface area contributed by atoms with E-state index < -0.39 is 28.5 Å². The first kappa shape index (κ1) is 24.5. The summed E-state index contributed by atoms with van der Waals surface area (Å²) in [4.78, 5) is 26.8. The predicted molar refractivity (Wildman–Crippen MR) is 121 cm³/mol. The SMILES string of the molecule is CNC(=O)[C@@H](C)N(Cc1cccc(Cl)c1)C(=O)CN(c1ccc(OC)cc1)S(C)(=O)=O. The molecular weight excluding hydrogens is 442 g/mol. The second-order valence-electron chi connectivity index (χ2n) is 6.91. The molecule has 0 saturated heterocycles. The fourth-order valence-electron chi connectivity index (χ4n) is 2.99. The van der Waals surface area contributed by atoms with Gasteiger partial charge in [-0.2, -0.15) is 0 Å². The molecule has 0 heterocycles. The number of rotatable bonds is 9. The van der Waals surface area contributed by atoms with Gasteiger partial charge in [0.25, 0.3) is 0 Å². The van der Waals surface area contributed by atoms with Crippen molar-refractivity contribution < 1.29 is 22.7 Å². The second kappa shape index (κ2) is 10.5. The molecule has 31 heavy (non-hydrogen) atoms. The fourth-order valence-corrected chi connectivity index (χ4v) is 4.05. The number of benzene rings is 2. The van der Waals surface area contributed by atoms with Crippen molar-refractivity contribution in [2.45, 2.75) is 19.5 Å². The van der Waals surface area contributed by atoms with E-state index in [1.165, 1.54) is 19.1 Å². The van der Waals surface area contributed by atoms with E-state index in [-0.39, 0.29) is 12.5 Å². The normalized spacial score (nSPS) is 12.0. The zero-order chi connectivity index (χ0) is 23.2. The maximum Gasteiger partial charge on any atom is 0.244 e. The Hall–Kier alpha value is -2.78. The van der Waals surface area contributed by atoms with Crippen molar-refractivity contribution in [3.05, 3.63) is 59.1 Å². The maximum atomic E-state index is 13.2. The molecule has 168 valence electrons. The number of carbonyl (C=O) groups is 2. The highest BCUT2D eigenvalue weighted by Crippen LogP contribution is 2.22. The quantitative estimate of drug-likeness (QED) is 0.610. The van der Waals surface area contributed by atoms with Crippen LogP contribution < -0.4 is 14.4 Å². The van der Waals surface area contributed by atoms with Gasteiger partial charge >= 0.3 is 0 Å². The summed E-state index contributed by atoms with van der Waals surface area (Å²) < 4.78 is 31.0. The lowest BCUT2D eigenvalue weighted by molar-refractivity contribution is -0.139. The Morgan fingerprint density at radius 3 is 2.32 bits per heavy atom. The minimum atomic E-state index is -3.77. The molecule has 2 amide bonds. The van der Waals surface area contributed by atoms with Crippen LogP contribution in [0.3, 0.4) is 0 Å². The number of sulfonamides is 1. The van der Waals surface area contributed by atoms with Crippen molar-refractivity contribution in [1.82, 2.24) is 10.2 Å². The number of ether oxygens (including phenoxy) is 1. The molecule has 0 aliphatic carbocycles. The highest BCUT2D eigenvalue weighted by Gasteiger charge is 2.29. The summed E-state index contributed by atoms with van der Waals surface area (Å²) in [5, 5.41) is 3.01. The molecule has 0 spiro atoms. The summed E-state index contributed by atoms with van der Waals surface area (Å²) >= 11 is 6.05. The number of methoxy groups -OCH3 is 1. The van der Waals surface area contributed by atoms with E-state index in [4.69, 9.17) is 16.3 Å². The van der Waals surface area contributed by atoms with Crippen LogP contribution in [0.25, 0.3) is 0 Å². The summed E-state index contributed by atoms with van der Waals surface area (Å²) in [5.74, 6) is -0.345. The Morgan fingerprint density at radius 2 is 1.81 bits per heavy atom. The van der Waals surface area contributed by atoms with Crippen molar-refractivity contribution in [3.8, 4) is 5.75 Å². The molecule has 2 rings (SSSR count). The van der Waals surface area contributed by atoms with Crippen LogP contribution in [-0.4, -0.2) is 58.1 Å². The summed E-state index contributed by atoms with van der Waals surface area (Å²) in [5.41, 5.74) is 1.03. The Balaban J connectivity index is 2.36. The minimum Gasteiger partial charge on any atom is -0.497 e. The monoisotopic (exact) mass is 467 g/mol. The van der Waals surface area contributed by atoms with E-state index in [1.54, 1.807) is 55.5 Å². The average molecular weight is 468 g/mol. The summed E-state index contributed by atoms with van der Waals surface area (Å²) in [6.45, 7) is 1.21. The Labute approximate surface area is 187 Å². The van der Waals surface area contributed by atoms with Gasteiger partial charge in [0, 0.05) is 18.6 Å². The van der Waals surface area contributed by atoms with Gasteiger partial charge in [-0.15, -0.1) is 0 Å². The van der Waals surface area contributed by atoms with Crippen molar-refractivity contribution in [3.63, 3.8) is 0 Å². The first-order valence-electron chi connectivity index (χ1n) is 9.44. The smallest absolute Gasteiger partial charge is 0.244 e. The number of halogens is 1. The standard InChI is InChI=1S/C21H26ClN3O5S/c1-15(21(27)23-2)24(13-16-6-5-7-17(22)12-16)20(26)14-25(31(4,28)29)18-8-10-19(30-3)11-9-18/h5-12,15H,13-14H2,1-4H3,(H,23,27)/t15-/m1/s1. The molecule has 0 aromatic heterocycles. The number of nitrogens with zero attached hydrogens (tertiary/aromatic N) is 2. The number of nitrogens with one attached hydrogen (secondary N) is 1. The van der Waals surface area contributed by atoms with Crippen LogP contribution in [0.2, 0.25) is 5.02 Å². The Bertz CT molecular complexity index is 1030. The molecule has 1 N–H and O–H groups in total. The van der Waals surface area contributed by atoms with Crippen LogP contribution in [0, 0.1) is 0 Å². The molecule has 0 bridgehead atoms. The lowest BCUT2D eigenvalue weighted by atomic mass is 10.1. The van der Waals surface area contributed by atoms with E-state index in [2.05, 4.69) is 5.32 Å². The molecule has 2 aromatic rings. The topological polar surface area (TPSA) is 96.0 Å². The van der Waals surface area contributed by atoms with Gasteiger partial charge in [0.1, 0.15) is 18.3 Å². The first-order chi connectivity index (χ1) is 14.6. The number of carbonyl (C=O) groups excluding carboxylic acids is 2. The number of hydrogen-bond acceptors (Lipinski definition) is 5. The van der Waals surface area contributed by atoms with Gasteiger partial charge in [0.2, 0.25) is 21.8 Å². The molecule has 0 radical (unpaired) electrons. The zero-order valence-corrected chi connectivity index (χ0v) is 19.4.